The minimum absolute atomic E-state index is 0.526. The monoisotopic (exact) mass is 171 g/mol. The van der Waals surface area contributed by atoms with E-state index in [0.29, 0.717) is 11.0 Å². The molecule has 2 N–H and O–H groups in total. The zero-order valence-corrected chi connectivity index (χ0v) is 7.20. The van der Waals surface area contributed by atoms with E-state index in [0.717, 1.165) is 0 Å². The van der Waals surface area contributed by atoms with Crippen molar-refractivity contribution >= 4 is 19.0 Å². The van der Waals surface area contributed by atoms with E-state index >= 15 is 0 Å². The van der Waals surface area contributed by atoms with Gasteiger partial charge in [0.15, 0.2) is 0 Å². The van der Waals surface area contributed by atoms with Crippen LogP contribution in [0.1, 0.15) is 0 Å². The van der Waals surface area contributed by atoms with Crippen LogP contribution in [-0.2, 0) is 9.09 Å². The topological polar surface area (TPSA) is 52.3 Å². The van der Waals surface area contributed by atoms with E-state index in [9.17, 15) is 4.57 Å². The summed E-state index contributed by atoms with van der Waals surface area (Å²) in [5.74, 6) is 0. The molecule has 0 radical (unpaired) electrons. The summed E-state index contributed by atoms with van der Waals surface area (Å²) in [6.07, 6.45) is 0. The predicted molar refractivity (Wildman–Crippen MR) is 46.5 cm³/mol. The van der Waals surface area contributed by atoms with Crippen LogP contribution in [0.15, 0.2) is 24.3 Å². The zero-order valence-electron chi connectivity index (χ0n) is 6.20. The molecule has 1 aromatic rings. The Balaban J connectivity index is 3.03. The Morgan fingerprint density at radius 3 is 2.64 bits per heavy atom. The molecule has 0 heterocycles. The molecule has 0 aliphatic rings. The van der Waals surface area contributed by atoms with Crippen LogP contribution in [0.2, 0.25) is 0 Å². The van der Waals surface area contributed by atoms with Crippen molar-refractivity contribution < 1.29 is 9.09 Å². The number of para-hydroxylation sites is 1. The standard InChI is InChI=1S/C7H10NO2P/c1-10-11(9)7-5-3-2-4-6(7)8/h2-5,11H,8H2,1H3. The second kappa shape index (κ2) is 3.56. The van der Waals surface area contributed by atoms with Gasteiger partial charge in [-0.25, -0.2) is 0 Å². The highest BCUT2D eigenvalue weighted by Gasteiger charge is 2.03. The van der Waals surface area contributed by atoms with Gasteiger partial charge < -0.3 is 10.3 Å². The van der Waals surface area contributed by atoms with Gasteiger partial charge in [0.2, 0.25) is 8.03 Å². The number of benzene rings is 1. The summed E-state index contributed by atoms with van der Waals surface area (Å²) >= 11 is 0. The van der Waals surface area contributed by atoms with Crippen LogP contribution >= 0.6 is 8.03 Å². The first kappa shape index (κ1) is 8.31. The molecule has 1 unspecified atom stereocenters. The number of nitrogen functional groups attached to an aromatic ring is 1. The minimum atomic E-state index is -2.11. The molecule has 1 rings (SSSR count). The van der Waals surface area contributed by atoms with Gasteiger partial charge in [0.1, 0.15) is 0 Å². The van der Waals surface area contributed by atoms with Crippen molar-refractivity contribution in [3.05, 3.63) is 24.3 Å². The smallest absolute Gasteiger partial charge is 0.222 e. The molecule has 3 nitrogen and oxygen atoms in total. The molecular formula is C7H10NO2P. The molecule has 0 aromatic heterocycles. The molecule has 11 heavy (non-hydrogen) atoms. The summed E-state index contributed by atoms with van der Waals surface area (Å²) < 4.78 is 15.8. The summed E-state index contributed by atoms with van der Waals surface area (Å²) in [4.78, 5) is 0. The highest BCUT2D eigenvalue weighted by molar-refractivity contribution is 7.48. The lowest BCUT2D eigenvalue weighted by Gasteiger charge is -2.01. The van der Waals surface area contributed by atoms with Crippen molar-refractivity contribution in [1.82, 2.24) is 0 Å². The van der Waals surface area contributed by atoms with Crippen LogP contribution < -0.4 is 11.0 Å². The van der Waals surface area contributed by atoms with E-state index in [2.05, 4.69) is 4.52 Å². The molecule has 1 atom stereocenters. The van der Waals surface area contributed by atoms with Crippen molar-refractivity contribution in [3.8, 4) is 0 Å². The second-order valence-electron chi connectivity index (χ2n) is 2.08. The first-order chi connectivity index (χ1) is 5.25. The lowest BCUT2D eigenvalue weighted by molar-refractivity contribution is 0.423. The van der Waals surface area contributed by atoms with Gasteiger partial charge >= 0.3 is 0 Å². The summed E-state index contributed by atoms with van der Waals surface area (Å²) in [5, 5.41) is 0.597. The van der Waals surface area contributed by atoms with Crippen molar-refractivity contribution in [3.63, 3.8) is 0 Å². The van der Waals surface area contributed by atoms with Gasteiger partial charge in [-0.05, 0) is 12.1 Å². The summed E-state index contributed by atoms with van der Waals surface area (Å²) in [6, 6.07) is 6.99. The second-order valence-corrected chi connectivity index (χ2v) is 3.60. The first-order valence-electron chi connectivity index (χ1n) is 3.18. The Bertz CT molecular complexity index is 275. The molecule has 0 bridgehead atoms. The average Bonchev–Trinajstić information content (AvgIpc) is 2.04. The van der Waals surface area contributed by atoms with Crippen molar-refractivity contribution in [1.29, 1.82) is 0 Å². The maximum atomic E-state index is 11.1. The van der Waals surface area contributed by atoms with E-state index < -0.39 is 8.03 Å². The Kier molecular flexibility index (Phi) is 2.69. The van der Waals surface area contributed by atoms with Crippen LogP contribution in [0.5, 0.6) is 0 Å². The predicted octanol–water partition coefficient (Wildman–Crippen LogP) is 1.02. The third-order valence-electron chi connectivity index (χ3n) is 1.37. The maximum absolute atomic E-state index is 11.1. The number of rotatable bonds is 2. The van der Waals surface area contributed by atoms with Gasteiger partial charge in [-0.15, -0.1) is 0 Å². The van der Waals surface area contributed by atoms with Crippen LogP contribution in [-0.4, -0.2) is 7.11 Å². The fourth-order valence-electron chi connectivity index (χ4n) is 0.793. The Morgan fingerprint density at radius 1 is 1.45 bits per heavy atom. The fraction of sp³-hybridized carbons (Fsp3) is 0.143. The van der Waals surface area contributed by atoms with Crippen LogP contribution in [0.25, 0.3) is 0 Å². The zero-order chi connectivity index (χ0) is 8.27. The van der Waals surface area contributed by atoms with Crippen LogP contribution in [0.3, 0.4) is 0 Å². The van der Waals surface area contributed by atoms with Gasteiger partial charge in [-0.3, -0.25) is 4.57 Å². The van der Waals surface area contributed by atoms with Crippen LogP contribution in [0, 0.1) is 0 Å². The van der Waals surface area contributed by atoms with Gasteiger partial charge in [-0.1, -0.05) is 12.1 Å². The fourth-order valence-corrected chi connectivity index (χ4v) is 1.56. The number of hydrogen-bond donors (Lipinski definition) is 1. The Morgan fingerprint density at radius 2 is 2.09 bits per heavy atom. The summed E-state index contributed by atoms with van der Waals surface area (Å²) in [6.45, 7) is 0. The number of anilines is 1. The molecule has 0 aliphatic carbocycles. The summed E-state index contributed by atoms with van der Waals surface area (Å²) in [5.41, 5.74) is 6.07. The molecular weight excluding hydrogens is 161 g/mol. The lowest BCUT2D eigenvalue weighted by atomic mass is 10.3. The quantitative estimate of drug-likeness (QED) is 0.533. The largest absolute Gasteiger partial charge is 0.398 e. The summed E-state index contributed by atoms with van der Waals surface area (Å²) in [7, 11) is -0.701. The minimum Gasteiger partial charge on any atom is -0.398 e. The van der Waals surface area contributed by atoms with Crippen molar-refractivity contribution in [2.24, 2.45) is 0 Å². The molecule has 0 fully saturated rings. The van der Waals surface area contributed by atoms with Crippen LogP contribution in [0.4, 0.5) is 5.69 Å². The molecule has 0 saturated carbocycles. The Hall–Kier alpha value is -0.790. The third-order valence-corrected chi connectivity index (χ3v) is 2.63. The number of nitrogens with two attached hydrogens (primary N) is 1. The van der Waals surface area contributed by atoms with Crippen molar-refractivity contribution in [2.75, 3.05) is 12.8 Å². The van der Waals surface area contributed by atoms with Gasteiger partial charge in [-0.2, -0.15) is 0 Å². The van der Waals surface area contributed by atoms with E-state index in [1.165, 1.54) is 7.11 Å². The normalized spacial score (nSPS) is 12.8. The molecule has 60 valence electrons. The average molecular weight is 171 g/mol. The highest BCUT2D eigenvalue weighted by Crippen LogP contribution is 2.22. The third kappa shape index (κ3) is 1.82. The Labute approximate surface area is 66.0 Å². The molecule has 4 heteroatoms. The lowest BCUT2D eigenvalue weighted by Crippen LogP contribution is -2.04. The molecule has 0 amide bonds. The van der Waals surface area contributed by atoms with Crippen molar-refractivity contribution in [2.45, 2.75) is 0 Å². The van der Waals surface area contributed by atoms with E-state index in [4.69, 9.17) is 5.73 Å². The highest BCUT2D eigenvalue weighted by atomic mass is 31.1. The first-order valence-corrected chi connectivity index (χ1v) is 4.50. The molecule has 1 aromatic carbocycles. The van der Waals surface area contributed by atoms with Gasteiger partial charge in [0.05, 0.1) is 5.30 Å². The number of hydrogen-bond acceptors (Lipinski definition) is 3. The molecule has 0 aliphatic heterocycles. The van der Waals surface area contributed by atoms with Gasteiger partial charge in [0.25, 0.3) is 0 Å². The molecule has 0 saturated heterocycles. The van der Waals surface area contributed by atoms with E-state index in [1.807, 2.05) is 0 Å². The molecule has 0 spiro atoms. The maximum Gasteiger partial charge on any atom is 0.222 e. The SMILES string of the molecule is CO[PH](=O)c1ccccc1N. The van der Waals surface area contributed by atoms with Gasteiger partial charge in [0, 0.05) is 12.8 Å². The van der Waals surface area contributed by atoms with E-state index in [1.54, 1.807) is 24.3 Å². The van der Waals surface area contributed by atoms with E-state index in [-0.39, 0.29) is 0 Å².